The molecule has 11 heteroatoms. The average Bonchev–Trinajstić information content (AvgIpc) is 2.88. The number of likely N-dealkylation sites (tertiary alicyclic amines) is 1. The third-order valence-electron chi connectivity index (χ3n) is 6.65. The van der Waals surface area contributed by atoms with Gasteiger partial charge in [-0.2, -0.15) is 0 Å². The fourth-order valence-electron chi connectivity index (χ4n) is 4.61. The highest BCUT2D eigenvalue weighted by molar-refractivity contribution is 6.03. The van der Waals surface area contributed by atoms with E-state index >= 15 is 0 Å². The van der Waals surface area contributed by atoms with Gasteiger partial charge in [-0.15, -0.1) is 0 Å². The zero-order valence-corrected chi connectivity index (χ0v) is 21.2. The van der Waals surface area contributed by atoms with E-state index in [1.54, 1.807) is 24.0 Å². The summed E-state index contributed by atoms with van der Waals surface area (Å²) in [6.07, 6.45) is 2.44. The Labute approximate surface area is 218 Å². The van der Waals surface area contributed by atoms with Crippen molar-refractivity contribution in [2.75, 3.05) is 37.4 Å². The van der Waals surface area contributed by atoms with Crippen molar-refractivity contribution in [3.8, 4) is 0 Å². The van der Waals surface area contributed by atoms with Crippen LogP contribution in [0.2, 0.25) is 0 Å². The third kappa shape index (κ3) is 5.61. The highest BCUT2D eigenvalue weighted by atomic mass is 19.1. The molecular formula is C27H27F2N5O4. The summed E-state index contributed by atoms with van der Waals surface area (Å²) in [5, 5.41) is 13.7. The fraction of sp³-hybridized carbons (Fsp3) is 0.296. The molecule has 1 aliphatic rings. The van der Waals surface area contributed by atoms with E-state index in [0.717, 1.165) is 23.9 Å². The highest BCUT2D eigenvalue weighted by Gasteiger charge is 2.26. The van der Waals surface area contributed by atoms with Crippen LogP contribution < -0.4 is 10.2 Å². The second kappa shape index (κ2) is 10.9. The smallest absolute Gasteiger partial charge is 0.290 e. The van der Waals surface area contributed by atoms with E-state index < -0.39 is 28.4 Å². The summed E-state index contributed by atoms with van der Waals surface area (Å²) in [6, 6.07) is 10.9. The first-order valence-corrected chi connectivity index (χ1v) is 12.0. The fourth-order valence-corrected chi connectivity index (χ4v) is 4.61. The minimum atomic E-state index is -0.778. The molecule has 198 valence electrons. The van der Waals surface area contributed by atoms with Crippen LogP contribution in [0.5, 0.6) is 0 Å². The SMILES string of the molecule is Cc1cc(C(=O)Nc2ccc(C3CCN(C(=O)c4cc(F)c(N(C)C)c(F)c4)CC3)cc2)ncc1[N+](=O)[O-]. The van der Waals surface area contributed by atoms with E-state index in [9.17, 15) is 28.5 Å². The molecule has 4 rings (SSSR count). The van der Waals surface area contributed by atoms with E-state index in [2.05, 4.69) is 10.3 Å². The number of nitro groups is 1. The van der Waals surface area contributed by atoms with Gasteiger partial charge in [-0.1, -0.05) is 12.1 Å². The number of piperidine rings is 1. The topological polar surface area (TPSA) is 109 Å². The predicted octanol–water partition coefficient (Wildman–Crippen LogP) is 4.91. The molecule has 0 radical (unpaired) electrons. The Kier molecular flexibility index (Phi) is 7.65. The van der Waals surface area contributed by atoms with Gasteiger partial charge in [0.15, 0.2) is 0 Å². The molecule has 0 spiro atoms. The number of aryl methyl sites for hydroxylation is 1. The Morgan fingerprint density at radius 1 is 1.08 bits per heavy atom. The third-order valence-corrected chi connectivity index (χ3v) is 6.65. The quantitative estimate of drug-likeness (QED) is 0.363. The number of nitrogens with one attached hydrogen (secondary N) is 1. The van der Waals surface area contributed by atoms with Gasteiger partial charge in [-0.3, -0.25) is 19.7 Å². The van der Waals surface area contributed by atoms with Crippen molar-refractivity contribution in [2.45, 2.75) is 25.7 Å². The van der Waals surface area contributed by atoms with Gasteiger partial charge in [0.05, 0.1) is 4.92 Å². The Balaban J connectivity index is 1.35. The van der Waals surface area contributed by atoms with Crippen molar-refractivity contribution in [3.63, 3.8) is 0 Å². The summed E-state index contributed by atoms with van der Waals surface area (Å²) < 4.78 is 28.7. The van der Waals surface area contributed by atoms with Crippen molar-refractivity contribution in [2.24, 2.45) is 0 Å². The zero-order chi connectivity index (χ0) is 27.6. The molecule has 1 aromatic heterocycles. The van der Waals surface area contributed by atoms with Crippen molar-refractivity contribution in [1.29, 1.82) is 0 Å². The zero-order valence-electron chi connectivity index (χ0n) is 21.2. The van der Waals surface area contributed by atoms with Crippen LogP contribution in [0.3, 0.4) is 0 Å². The molecular weight excluding hydrogens is 496 g/mol. The first kappa shape index (κ1) is 26.6. The average molecular weight is 524 g/mol. The lowest BCUT2D eigenvalue weighted by atomic mass is 9.89. The number of anilines is 2. The number of aromatic nitrogens is 1. The first-order valence-electron chi connectivity index (χ1n) is 12.0. The lowest BCUT2D eigenvalue weighted by Gasteiger charge is -2.32. The molecule has 2 aromatic carbocycles. The normalized spacial score (nSPS) is 13.8. The van der Waals surface area contributed by atoms with Gasteiger partial charge in [-0.25, -0.2) is 13.8 Å². The molecule has 1 aliphatic heterocycles. The van der Waals surface area contributed by atoms with Crippen LogP contribution in [-0.4, -0.2) is 53.8 Å². The molecule has 1 saturated heterocycles. The monoisotopic (exact) mass is 523 g/mol. The molecule has 1 fully saturated rings. The summed E-state index contributed by atoms with van der Waals surface area (Å²) >= 11 is 0. The maximum atomic E-state index is 14.3. The summed E-state index contributed by atoms with van der Waals surface area (Å²) in [5.74, 6) is -2.25. The summed E-state index contributed by atoms with van der Waals surface area (Å²) in [5.41, 5.74) is 1.67. The van der Waals surface area contributed by atoms with E-state index in [1.165, 1.54) is 25.1 Å². The van der Waals surface area contributed by atoms with Gasteiger partial charge < -0.3 is 15.1 Å². The number of carbonyl (C=O) groups is 2. The number of nitrogens with zero attached hydrogens (tertiary/aromatic N) is 4. The van der Waals surface area contributed by atoms with Gasteiger partial charge in [0.25, 0.3) is 17.5 Å². The van der Waals surface area contributed by atoms with Crippen molar-refractivity contribution in [3.05, 3.63) is 92.8 Å². The van der Waals surface area contributed by atoms with Crippen LogP contribution in [0.25, 0.3) is 0 Å². The van der Waals surface area contributed by atoms with Crippen LogP contribution in [0, 0.1) is 28.7 Å². The Bertz CT molecular complexity index is 1360. The van der Waals surface area contributed by atoms with E-state index in [1.807, 2.05) is 12.1 Å². The number of carbonyl (C=O) groups excluding carboxylic acids is 2. The number of pyridine rings is 1. The molecule has 38 heavy (non-hydrogen) atoms. The molecule has 0 bridgehead atoms. The van der Waals surface area contributed by atoms with Crippen molar-refractivity contribution in [1.82, 2.24) is 9.88 Å². The molecule has 0 aliphatic carbocycles. The largest absolute Gasteiger partial charge is 0.373 e. The van der Waals surface area contributed by atoms with Gasteiger partial charge in [0.1, 0.15) is 29.2 Å². The molecule has 1 N–H and O–H groups in total. The summed E-state index contributed by atoms with van der Waals surface area (Å²) in [4.78, 5) is 42.6. The molecule has 0 saturated carbocycles. The lowest BCUT2D eigenvalue weighted by Crippen LogP contribution is -2.38. The lowest BCUT2D eigenvalue weighted by molar-refractivity contribution is -0.385. The summed E-state index contributed by atoms with van der Waals surface area (Å²) in [7, 11) is 3.07. The first-order chi connectivity index (χ1) is 18.0. The van der Waals surface area contributed by atoms with Crippen LogP contribution in [0.4, 0.5) is 25.8 Å². The van der Waals surface area contributed by atoms with Gasteiger partial charge in [0.2, 0.25) is 0 Å². The Morgan fingerprint density at radius 3 is 2.21 bits per heavy atom. The van der Waals surface area contributed by atoms with Gasteiger partial charge in [-0.05, 0) is 61.6 Å². The molecule has 2 heterocycles. The molecule has 2 amide bonds. The summed E-state index contributed by atoms with van der Waals surface area (Å²) in [6.45, 7) is 2.44. The van der Waals surface area contributed by atoms with E-state index in [0.29, 0.717) is 37.2 Å². The van der Waals surface area contributed by atoms with E-state index in [-0.39, 0.29) is 28.6 Å². The number of amides is 2. The maximum Gasteiger partial charge on any atom is 0.290 e. The number of hydrogen-bond acceptors (Lipinski definition) is 6. The number of halogens is 2. The van der Waals surface area contributed by atoms with Crippen molar-refractivity contribution < 1.29 is 23.3 Å². The Morgan fingerprint density at radius 2 is 1.68 bits per heavy atom. The second-order valence-corrected chi connectivity index (χ2v) is 9.44. The van der Waals surface area contributed by atoms with Gasteiger partial charge in [0, 0.05) is 44.0 Å². The standard InChI is InChI=1S/C27H27F2N5O4/c1-16-12-23(30-15-24(16)34(37)38)26(35)31-20-6-4-17(5-7-20)18-8-10-33(11-9-18)27(36)19-13-21(28)25(32(2)3)22(29)14-19/h4-7,12-15,18H,8-11H2,1-3H3,(H,31,35). The second-order valence-electron chi connectivity index (χ2n) is 9.44. The Hall–Kier alpha value is -4.41. The van der Waals surface area contributed by atoms with Gasteiger partial charge >= 0.3 is 0 Å². The van der Waals surface area contributed by atoms with Crippen LogP contribution in [0.1, 0.15) is 50.7 Å². The van der Waals surface area contributed by atoms with Crippen LogP contribution in [0.15, 0.2) is 48.7 Å². The number of hydrogen-bond donors (Lipinski definition) is 1. The minimum absolute atomic E-state index is 0.0122. The highest BCUT2D eigenvalue weighted by Crippen LogP contribution is 2.30. The van der Waals surface area contributed by atoms with Crippen LogP contribution >= 0.6 is 0 Å². The maximum absolute atomic E-state index is 14.3. The minimum Gasteiger partial charge on any atom is -0.373 e. The van der Waals surface area contributed by atoms with E-state index in [4.69, 9.17) is 0 Å². The number of benzene rings is 2. The molecule has 0 atom stereocenters. The molecule has 0 unspecified atom stereocenters. The predicted molar refractivity (Wildman–Crippen MR) is 139 cm³/mol. The molecule has 9 nitrogen and oxygen atoms in total. The van der Waals surface area contributed by atoms with Crippen LogP contribution in [-0.2, 0) is 0 Å². The molecule has 3 aromatic rings. The number of rotatable bonds is 6. The van der Waals surface area contributed by atoms with Crippen molar-refractivity contribution >= 4 is 28.9 Å².